The van der Waals surface area contributed by atoms with Gasteiger partial charge in [-0.25, -0.2) is 0 Å². The first-order valence-corrected chi connectivity index (χ1v) is 11.7. The summed E-state index contributed by atoms with van der Waals surface area (Å²) in [4.78, 5) is 25.5. The average molecular weight is 558 g/mol. The third kappa shape index (κ3) is 6.09. The minimum atomic E-state index is -0.359. The van der Waals surface area contributed by atoms with E-state index in [1.54, 1.807) is 61.4 Å². The van der Waals surface area contributed by atoms with E-state index in [1.807, 2.05) is 12.3 Å². The van der Waals surface area contributed by atoms with Crippen molar-refractivity contribution in [3.05, 3.63) is 92.9 Å². The van der Waals surface area contributed by atoms with Crippen LogP contribution in [0.25, 0.3) is 0 Å². The van der Waals surface area contributed by atoms with Gasteiger partial charge >= 0.3 is 0 Å². The molecule has 2 aromatic heterocycles. The second kappa shape index (κ2) is 10.7. The van der Waals surface area contributed by atoms with E-state index in [9.17, 15) is 9.59 Å². The van der Waals surface area contributed by atoms with E-state index in [4.69, 9.17) is 16.3 Å². The molecular formula is C24H22BrClN6O3. The summed E-state index contributed by atoms with van der Waals surface area (Å²) in [6, 6.07) is 12.4. The van der Waals surface area contributed by atoms with Crippen molar-refractivity contribution in [3.8, 4) is 5.75 Å². The SMILES string of the molecule is Cn1cc(CNC(=O)c2c(NC(=O)c3ccc(COc4ccc(Br)cc4Cl)cc3)cnn2C)cn1. The molecule has 0 unspecified atom stereocenters. The van der Waals surface area contributed by atoms with Crippen LogP contribution >= 0.6 is 27.5 Å². The summed E-state index contributed by atoms with van der Waals surface area (Å²) >= 11 is 9.54. The molecule has 4 rings (SSSR count). The van der Waals surface area contributed by atoms with Crippen molar-refractivity contribution >= 4 is 45.0 Å². The van der Waals surface area contributed by atoms with Crippen LogP contribution in [0.1, 0.15) is 32.0 Å². The number of hydrogen-bond acceptors (Lipinski definition) is 5. The van der Waals surface area contributed by atoms with Crippen LogP contribution < -0.4 is 15.4 Å². The summed E-state index contributed by atoms with van der Waals surface area (Å²) in [5, 5.41) is 14.3. The molecule has 0 spiro atoms. The van der Waals surface area contributed by atoms with Crippen LogP contribution in [0.5, 0.6) is 5.75 Å². The van der Waals surface area contributed by atoms with Crippen molar-refractivity contribution in [2.75, 3.05) is 5.32 Å². The van der Waals surface area contributed by atoms with Gasteiger partial charge in [0.05, 0.1) is 23.1 Å². The topological polar surface area (TPSA) is 103 Å². The van der Waals surface area contributed by atoms with Crippen LogP contribution in [-0.4, -0.2) is 31.4 Å². The van der Waals surface area contributed by atoms with E-state index >= 15 is 0 Å². The largest absolute Gasteiger partial charge is 0.487 e. The zero-order valence-electron chi connectivity index (χ0n) is 19.0. The lowest BCUT2D eigenvalue weighted by Gasteiger charge is -2.10. The number of rotatable bonds is 8. The van der Waals surface area contributed by atoms with E-state index < -0.39 is 0 Å². The molecule has 180 valence electrons. The van der Waals surface area contributed by atoms with Gasteiger partial charge in [0.2, 0.25) is 0 Å². The lowest BCUT2D eigenvalue weighted by molar-refractivity contribution is 0.0942. The lowest BCUT2D eigenvalue weighted by Crippen LogP contribution is -2.26. The molecule has 2 N–H and O–H groups in total. The lowest BCUT2D eigenvalue weighted by atomic mass is 10.1. The molecule has 0 fully saturated rings. The molecule has 2 amide bonds. The van der Waals surface area contributed by atoms with Gasteiger partial charge in [0, 0.05) is 42.4 Å². The minimum Gasteiger partial charge on any atom is -0.487 e. The Kier molecular flexibility index (Phi) is 7.52. The smallest absolute Gasteiger partial charge is 0.271 e. The van der Waals surface area contributed by atoms with Crippen LogP contribution in [0.3, 0.4) is 0 Å². The first-order chi connectivity index (χ1) is 16.8. The fourth-order valence-electron chi connectivity index (χ4n) is 3.33. The summed E-state index contributed by atoms with van der Waals surface area (Å²) in [5.41, 5.74) is 2.73. The van der Waals surface area contributed by atoms with Gasteiger partial charge in [-0.1, -0.05) is 39.7 Å². The van der Waals surface area contributed by atoms with Crippen LogP contribution in [0.15, 0.2) is 65.5 Å². The molecule has 0 aliphatic carbocycles. The quantitative estimate of drug-likeness (QED) is 0.336. The van der Waals surface area contributed by atoms with Gasteiger partial charge in [0.1, 0.15) is 18.1 Å². The number of aryl methyl sites for hydroxylation is 2. The highest BCUT2D eigenvalue weighted by atomic mass is 79.9. The maximum absolute atomic E-state index is 12.8. The maximum atomic E-state index is 12.8. The van der Waals surface area contributed by atoms with Crippen LogP contribution in [0.4, 0.5) is 5.69 Å². The Morgan fingerprint density at radius 2 is 1.80 bits per heavy atom. The molecule has 0 saturated carbocycles. The molecule has 35 heavy (non-hydrogen) atoms. The van der Waals surface area contributed by atoms with Crippen molar-refractivity contribution in [3.63, 3.8) is 0 Å². The predicted octanol–water partition coefficient (Wildman–Crippen LogP) is 4.33. The summed E-state index contributed by atoms with van der Waals surface area (Å²) in [6.07, 6.45) is 4.93. The first kappa shape index (κ1) is 24.5. The van der Waals surface area contributed by atoms with Crippen molar-refractivity contribution < 1.29 is 14.3 Å². The van der Waals surface area contributed by atoms with Crippen molar-refractivity contribution in [2.24, 2.45) is 14.1 Å². The molecule has 2 aromatic carbocycles. The Morgan fingerprint density at radius 3 is 2.49 bits per heavy atom. The molecule has 0 saturated heterocycles. The van der Waals surface area contributed by atoms with Gasteiger partial charge in [-0.2, -0.15) is 10.2 Å². The van der Waals surface area contributed by atoms with Gasteiger partial charge in [0.25, 0.3) is 11.8 Å². The average Bonchev–Trinajstić information content (AvgIpc) is 3.42. The van der Waals surface area contributed by atoms with Gasteiger partial charge in [-0.05, 0) is 35.9 Å². The molecule has 0 bridgehead atoms. The predicted molar refractivity (Wildman–Crippen MR) is 135 cm³/mol. The van der Waals surface area contributed by atoms with Crippen molar-refractivity contribution in [1.29, 1.82) is 0 Å². The number of carbonyl (C=O) groups excluding carboxylic acids is 2. The van der Waals surface area contributed by atoms with Crippen LogP contribution in [0, 0.1) is 0 Å². The van der Waals surface area contributed by atoms with E-state index in [-0.39, 0.29) is 17.5 Å². The number of nitrogens with zero attached hydrogens (tertiary/aromatic N) is 4. The van der Waals surface area contributed by atoms with Crippen molar-refractivity contribution in [2.45, 2.75) is 13.2 Å². The Hall–Kier alpha value is -3.63. The summed E-state index contributed by atoms with van der Waals surface area (Å²) in [5.74, 6) is -0.145. The number of amides is 2. The number of anilines is 1. The maximum Gasteiger partial charge on any atom is 0.271 e. The van der Waals surface area contributed by atoms with E-state index in [2.05, 4.69) is 36.8 Å². The molecule has 0 radical (unpaired) electrons. The molecule has 9 nitrogen and oxygen atoms in total. The zero-order valence-corrected chi connectivity index (χ0v) is 21.3. The number of nitrogens with one attached hydrogen (secondary N) is 2. The Balaban J connectivity index is 1.37. The molecule has 4 aromatic rings. The molecular weight excluding hydrogens is 536 g/mol. The Bertz CT molecular complexity index is 1370. The molecule has 2 heterocycles. The van der Waals surface area contributed by atoms with Crippen LogP contribution in [0.2, 0.25) is 5.02 Å². The second-order valence-corrected chi connectivity index (χ2v) is 9.07. The number of aromatic nitrogens is 4. The Morgan fingerprint density at radius 1 is 1.03 bits per heavy atom. The monoisotopic (exact) mass is 556 g/mol. The van der Waals surface area contributed by atoms with Gasteiger partial charge in [-0.15, -0.1) is 0 Å². The summed E-state index contributed by atoms with van der Waals surface area (Å²) in [6.45, 7) is 0.605. The number of carbonyl (C=O) groups is 2. The van der Waals surface area contributed by atoms with Gasteiger partial charge in [0.15, 0.2) is 0 Å². The van der Waals surface area contributed by atoms with E-state index in [1.165, 1.54) is 10.9 Å². The van der Waals surface area contributed by atoms with Gasteiger partial charge < -0.3 is 15.4 Å². The zero-order chi connectivity index (χ0) is 24.9. The highest BCUT2D eigenvalue weighted by Gasteiger charge is 2.19. The number of ether oxygens (including phenoxy) is 1. The molecule has 11 heteroatoms. The number of hydrogen-bond donors (Lipinski definition) is 2. The fraction of sp³-hybridized carbons (Fsp3) is 0.167. The third-order valence-corrected chi connectivity index (χ3v) is 5.91. The second-order valence-electron chi connectivity index (χ2n) is 7.75. The standard InChI is InChI=1S/C24H22BrClN6O3/c1-31-13-16(11-28-31)10-27-24(34)22-20(12-29-32(22)2)30-23(33)17-5-3-15(4-6-17)14-35-21-8-7-18(25)9-19(21)26/h3-9,11-13H,10,14H2,1-2H3,(H,27,34)(H,30,33). The van der Waals surface area contributed by atoms with Gasteiger partial charge in [-0.3, -0.25) is 19.0 Å². The van der Waals surface area contributed by atoms with E-state index in [0.717, 1.165) is 15.6 Å². The highest BCUT2D eigenvalue weighted by Crippen LogP contribution is 2.28. The molecule has 0 aliphatic rings. The Labute approximate surface area is 215 Å². The summed E-state index contributed by atoms with van der Waals surface area (Å²) < 4.78 is 9.71. The normalized spacial score (nSPS) is 10.7. The first-order valence-electron chi connectivity index (χ1n) is 10.6. The number of benzene rings is 2. The van der Waals surface area contributed by atoms with E-state index in [0.29, 0.717) is 35.2 Å². The summed E-state index contributed by atoms with van der Waals surface area (Å²) in [7, 11) is 3.44. The highest BCUT2D eigenvalue weighted by molar-refractivity contribution is 9.10. The minimum absolute atomic E-state index is 0.249. The van der Waals surface area contributed by atoms with Crippen LogP contribution in [-0.2, 0) is 27.2 Å². The number of halogens is 2. The third-order valence-electron chi connectivity index (χ3n) is 5.12. The molecule has 0 atom stereocenters. The fourth-order valence-corrected chi connectivity index (χ4v) is 4.06. The van der Waals surface area contributed by atoms with Crippen molar-refractivity contribution in [1.82, 2.24) is 24.9 Å². The molecule has 0 aliphatic heterocycles.